The summed E-state index contributed by atoms with van der Waals surface area (Å²) < 4.78 is 10.4. The molecule has 2 aromatic heterocycles. The molecule has 26 heavy (non-hydrogen) atoms. The van der Waals surface area contributed by atoms with E-state index in [2.05, 4.69) is 57.6 Å². The fourth-order valence-electron chi connectivity index (χ4n) is 3.85. The van der Waals surface area contributed by atoms with Crippen molar-refractivity contribution >= 4 is 0 Å². The van der Waals surface area contributed by atoms with Crippen LogP contribution in [0.1, 0.15) is 50.4 Å². The maximum Gasteiger partial charge on any atom is 0.0534 e. The molecule has 2 aliphatic rings. The van der Waals surface area contributed by atoms with E-state index in [1.807, 2.05) is 6.20 Å². The van der Waals surface area contributed by atoms with Crippen molar-refractivity contribution in [2.45, 2.75) is 58.8 Å². The molecule has 1 aliphatic carbocycles. The third kappa shape index (κ3) is 4.57. The maximum absolute atomic E-state index is 5.91. The molecule has 0 N–H and O–H groups in total. The third-order valence-corrected chi connectivity index (χ3v) is 5.59. The van der Waals surface area contributed by atoms with Crippen LogP contribution >= 0.6 is 0 Å². The van der Waals surface area contributed by atoms with Gasteiger partial charge < -0.3 is 9.30 Å². The summed E-state index contributed by atoms with van der Waals surface area (Å²) in [6.07, 6.45) is 10.3. The molecule has 5 heteroatoms. The van der Waals surface area contributed by atoms with Gasteiger partial charge in [0.25, 0.3) is 0 Å². The van der Waals surface area contributed by atoms with Crippen LogP contribution < -0.4 is 0 Å². The maximum atomic E-state index is 5.91. The molecule has 0 radical (unpaired) electrons. The Balaban J connectivity index is 1.38. The molecule has 0 aromatic carbocycles. The summed E-state index contributed by atoms with van der Waals surface area (Å²) in [5, 5.41) is 4.51. The monoisotopic (exact) mass is 356 g/mol. The summed E-state index contributed by atoms with van der Waals surface area (Å²) in [4.78, 5) is 2.58. The SMILES string of the molecule is CC(C)n1cc(CN2Cc3cccn3C[C@@H](CCOCC3CC3)C2)cn1. The summed E-state index contributed by atoms with van der Waals surface area (Å²) >= 11 is 0. The van der Waals surface area contributed by atoms with Crippen LogP contribution in [0.4, 0.5) is 0 Å². The topological polar surface area (TPSA) is 35.2 Å². The van der Waals surface area contributed by atoms with E-state index in [0.29, 0.717) is 12.0 Å². The molecule has 1 aliphatic heterocycles. The van der Waals surface area contributed by atoms with Gasteiger partial charge in [0.2, 0.25) is 0 Å². The van der Waals surface area contributed by atoms with E-state index in [9.17, 15) is 0 Å². The van der Waals surface area contributed by atoms with Gasteiger partial charge in [-0.3, -0.25) is 9.58 Å². The van der Waals surface area contributed by atoms with Crippen molar-refractivity contribution in [3.63, 3.8) is 0 Å². The lowest BCUT2D eigenvalue weighted by atomic mass is 10.1. The zero-order chi connectivity index (χ0) is 17.9. The summed E-state index contributed by atoms with van der Waals surface area (Å²) in [6.45, 7) is 10.4. The molecule has 0 spiro atoms. The van der Waals surface area contributed by atoms with E-state index in [-0.39, 0.29) is 0 Å². The highest BCUT2D eigenvalue weighted by atomic mass is 16.5. The first kappa shape index (κ1) is 17.8. The summed E-state index contributed by atoms with van der Waals surface area (Å²) in [7, 11) is 0. The van der Waals surface area contributed by atoms with Crippen LogP contribution in [-0.4, -0.2) is 39.0 Å². The average Bonchev–Trinajstić information content (AvgIpc) is 3.20. The van der Waals surface area contributed by atoms with Gasteiger partial charge in [0, 0.05) is 69.1 Å². The van der Waals surface area contributed by atoms with Crippen LogP contribution in [0.25, 0.3) is 0 Å². The summed E-state index contributed by atoms with van der Waals surface area (Å²) in [5.74, 6) is 1.50. The van der Waals surface area contributed by atoms with Crippen LogP contribution in [0.5, 0.6) is 0 Å². The van der Waals surface area contributed by atoms with Crippen LogP contribution in [0.2, 0.25) is 0 Å². The van der Waals surface area contributed by atoms with Crippen molar-refractivity contribution in [2.75, 3.05) is 19.8 Å². The van der Waals surface area contributed by atoms with E-state index in [0.717, 1.165) is 51.7 Å². The molecule has 0 bridgehead atoms. The van der Waals surface area contributed by atoms with Gasteiger partial charge >= 0.3 is 0 Å². The molecule has 142 valence electrons. The minimum atomic E-state index is 0.418. The van der Waals surface area contributed by atoms with E-state index in [4.69, 9.17) is 4.74 Å². The van der Waals surface area contributed by atoms with Gasteiger partial charge in [0.1, 0.15) is 0 Å². The number of hydrogen-bond donors (Lipinski definition) is 0. The predicted molar refractivity (Wildman–Crippen MR) is 103 cm³/mol. The van der Waals surface area contributed by atoms with Gasteiger partial charge in [-0.1, -0.05) is 0 Å². The first-order chi connectivity index (χ1) is 12.7. The van der Waals surface area contributed by atoms with E-state index in [1.54, 1.807) is 0 Å². The molecule has 0 saturated heterocycles. The minimum Gasteiger partial charge on any atom is -0.381 e. The molecule has 0 amide bonds. The molecular weight excluding hydrogens is 324 g/mol. The van der Waals surface area contributed by atoms with E-state index >= 15 is 0 Å². The van der Waals surface area contributed by atoms with Gasteiger partial charge in [0.15, 0.2) is 0 Å². The zero-order valence-corrected chi connectivity index (χ0v) is 16.2. The quantitative estimate of drug-likeness (QED) is 0.676. The number of fused-ring (bicyclic) bond motifs is 1. The number of ether oxygens (including phenoxy) is 1. The van der Waals surface area contributed by atoms with E-state index in [1.165, 1.54) is 24.1 Å². The van der Waals surface area contributed by atoms with Crippen molar-refractivity contribution in [3.05, 3.63) is 42.0 Å². The fraction of sp³-hybridized carbons (Fsp3) is 0.667. The average molecular weight is 357 g/mol. The van der Waals surface area contributed by atoms with E-state index < -0.39 is 0 Å². The lowest BCUT2D eigenvalue weighted by Crippen LogP contribution is -2.28. The Bertz CT molecular complexity index is 700. The van der Waals surface area contributed by atoms with Gasteiger partial charge in [-0.25, -0.2) is 0 Å². The number of aromatic nitrogens is 3. The van der Waals surface area contributed by atoms with Gasteiger partial charge in [-0.2, -0.15) is 5.10 Å². The van der Waals surface area contributed by atoms with Crippen molar-refractivity contribution in [3.8, 4) is 0 Å². The molecule has 4 rings (SSSR count). The Morgan fingerprint density at radius 3 is 2.88 bits per heavy atom. The van der Waals surface area contributed by atoms with Crippen molar-refractivity contribution in [1.82, 2.24) is 19.2 Å². The molecule has 0 unspecified atom stereocenters. The molecule has 3 heterocycles. The fourth-order valence-corrected chi connectivity index (χ4v) is 3.85. The molecule has 1 saturated carbocycles. The lowest BCUT2D eigenvalue weighted by molar-refractivity contribution is 0.101. The highest BCUT2D eigenvalue weighted by Gasteiger charge is 2.23. The second-order valence-electron chi connectivity index (χ2n) is 8.42. The standard InChI is InChI=1S/C21H32N4O/c1-17(2)25-14-20(10-22-25)12-23-11-19(7-9-26-16-18-5-6-18)13-24-8-3-4-21(24)15-23/h3-4,8,10,14,17-19H,5-7,9,11-13,15-16H2,1-2H3/t19-/m0/s1. The van der Waals surface area contributed by atoms with Crippen LogP contribution in [-0.2, 0) is 24.4 Å². The minimum absolute atomic E-state index is 0.418. The normalized spacial score (nSPS) is 21.1. The first-order valence-corrected chi connectivity index (χ1v) is 10.1. The van der Waals surface area contributed by atoms with Crippen LogP contribution in [0.15, 0.2) is 30.7 Å². The lowest BCUT2D eigenvalue weighted by Gasteiger charge is -2.23. The third-order valence-electron chi connectivity index (χ3n) is 5.59. The smallest absolute Gasteiger partial charge is 0.0534 e. The Hall–Kier alpha value is -1.59. The molecule has 1 atom stereocenters. The van der Waals surface area contributed by atoms with Gasteiger partial charge in [-0.05, 0) is 57.1 Å². The molecular formula is C21H32N4O. The summed E-state index contributed by atoms with van der Waals surface area (Å²) in [5.41, 5.74) is 2.73. The van der Waals surface area contributed by atoms with Gasteiger partial charge in [0.05, 0.1) is 6.20 Å². The Kier molecular flexibility index (Phi) is 5.46. The van der Waals surface area contributed by atoms with Crippen molar-refractivity contribution in [2.24, 2.45) is 11.8 Å². The zero-order valence-electron chi connectivity index (χ0n) is 16.2. The largest absolute Gasteiger partial charge is 0.381 e. The molecule has 2 aromatic rings. The van der Waals surface area contributed by atoms with Crippen LogP contribution in [0, 0.1) is 11.8 Å². The number of rotatable bonds is 8. The highest BCUT2D eigenvalue weighted by molar-refractivity contribution is 5.10. The highest BCUT2D eigenvalue weighted by Crippen LogP contribution is 2.29. The van der Waals surface area contributed by atoms with Gasteiger partial charge in [-0.15, -0.1) is 0 Å². The number of hydrogen-bond acceptors (Lipinski definition) is 3. The Morgan fingerprint density at radius 1 is 1.23 bits per heavy atom. The second kappa shape index (κ2) is 7.97. The predicted octanol–water partition coefficient (Wildman–Crippen LogP) is 3.71. The molecule has 1 fully saturated rings. The number of nitrogens with zero attached hydrogens (tertiary/aromatic N) is 4. The second-order valence-corrected chi connectivity index (χ2v) is 8.42. The Morgan fingerprint density at radius 2 is 2.12 bits per heavy atom. The first-order valence-electron chi connectivity index (χ1n) is 10.1. The summed E-state index contributed by atoms with van der Waals surface area (Å²) in [6, 6.07) is 4.86. The van der Waals surface area contributed by atoms with Crippen molar-refractivity contribution in [1.29, 1.82) is 0 Å². The van der Waals surface area contributed by atoms with Crippen LogP contribution in [0.3, 0.4) is 0 Å². The van der Waals surface area contributed by atoms with Crippen molar-refractivity contribution < 1.29 is 4.74 Å². The Labute approximate surface area is 156 Å². The molecule has 5 nitrogen and oxygen atoms in total.